The number of aromatic carboxylic acids is 1. The van der Waals surface area contributed by atoms with E-state index in [-0.39, 0.29) is 17.1 Å². The van der Waals surface area contributed by atoms with Crippen LogP contribution in [0.1, 0.15) is 15.9 Å². The standard InChI is InChI=1S/C13H10BrN3O4/c1-7-2-3-10(14)11(4-7)16-12-9(13(18)19)5-8(6-15-12)17(20)21/h2-6H,1H3,(H,15,16)(H,18,19). The average molecular weight is 352 g/mol. The van der Waals surface area contributed by atoms with E-state index < -0.39 is 10.9 Å². The van der Waals surface area contributed by atoms with Crippen molar-refractivity contribution < 1.29 is 14.8 Å². The van der Waals surface area contributed by atoms with Crippen molar-refractivity contribution in [2.45, 2.75) is 6.92 Å². The third-order valence-electron chi connectivity index (χ3n) is 2.69. The van der Waals surface area contributed by atoms with Gasteiger partial charge in [0.1, 0.15) is 17.6 Å². The lowest BCUT2D eigenvalue weighted by molar-refractivity contribution is -0.385. The van der Waals surface area contributed by atoms with Gasteiger partial charge in [-0.15, -0.1) is 0 Å². The monoisotopic (exact) mass is 351 g/mol. The first-order valence-corrected chi connectivity index (χ1v) is 6.58. The number of nitrogens with zero attached hydrogens (tertiary/aromatic N) is 2. The summed E-state index contributed by atoms with van der Waals surface area (Å²) in [6, 6.07) is 6.47. The number of nitro groups is 1. The first kappa shape index (κ1) is 14.9. The number of hydrogen-bond donors (Lipinski definition) is 2. The molecule has 0 aliphatic heterocycles. The van der Waals surface area contributed by atoms with Crippen LogP contribution in [-0.4, -0.2) is 21.0 Å². The van der Waals surface area contributed by atoms with Crippen LogP contribution in [0.15, 0.2) is 34.9 Å². The number of halogens is 1. The zero-order valence-corrected chi connectivity index (χ0v) is 12.4. The summed E-state index contributed by atoms with van der Waals surface area (Å²) in [5.41, 5.74) is 0.956. The molecule has 0 bridgehead atoms. The van der Waals surface area contributed by atoms with Gasteiger partial charge in [0.15, 0.2) is 0 Å². The second-order valence-electron chi connectivity index (χ2n) is 4.26. The molecule has 108 valence electrons. The number of aryl methyl sites for hydroxylation is 1. The average Bonchev–Trinajstić information content (AvgIpc) is 2.42. The van der Waals surface area contributed by atoms with Gasteiger partial charge in [-0.2, -0.15) is 0 Å². The van der Waals surface area contributed by atoms with Gasteiger partial charge >= 0.3 is 5.97 Å². The number of carboxylic acids is 1. The number of anilines is 2. The van der Waals surface area contributed by atoms with E-state index in [9.17, 15) is 14.9 Å². The molecule has 1 aromatic heterocycles. The summed E-state index contributed by atoms with van der Waals surface area (Å²) in [5, 5.41) is 22.7. The minimum absolute atomic E-state index is 0.0411. The zero-order chi connectivity index (χ0) is 15.6. The van der Waals surface area contributed by atoms with Crippen molar-refractivity contribution in [2.24, 2.45) is 0 Å². The maximum absolute atomic E-state index is 11.2. The molecular formula is C13H10BrN3O4. The lowest BCUT2D eigenvalue weighted by Gasteiger charge is -2.10. The van der Waals surface area contributed by atoms with E-state index >= 15 is 0 Å². The summed E-state index contributed by atoms with van der Waals surface area (Å²) < 4.78 is 0.726. The van der Waals surface area contributed by atoms with Gasteiger partial charge in [0.2, 0.25) is 0 Å². The maximum Gasteiger partial charge on any atom is 0.339 e. The van der Waals surface area contributed by atoms with Crippen LogP contribution in [0.25, 0.3) is 0 Å². The van der Waals surface area contributed by atoms with E-state index in [0.29, 0.717) is 5.69 Å². The van der Waals surface area contributed by atoms with Crippen molar-refractivity contribution in [3.63, 3.8) is 0 Å². The van der Waals surface area contributed by atoms with Crippen LogP contribution in [-0.2, 0) is 0 Å². The van der Waals surface area contributed by atoms with E-state index in [2.05, 4.69) is 26.2 Å². The second-order valence-corrected chi connectivity index (χ2v) is 5.11. The molecule has 2 aromatic rings. The molecule has 7 nitrogen and oxygen atoms in total. The van der Waals surface area contributed by atoms with Gasteiger partial charge in [0.25, 0.3) is 5.69 Å². The number of hydrogen-bond acceptors (Lipinski definition) is 5. The predicted octanol–water partition coefficient (Wildman–Crippen LogP) is 3.50. The summed E-state index contributed by atoms with van der Waals surface area (Å²) >= 11 is 3.34. The molecule has 2 rings (SSSR count). The molecule has 0 fully saturated rings. The summed E-state index contributed by atoms with van der Waals surface area (Å²) in [5.74, 6) is -1.25. The fourth-order valence-electron chi connectivity index (χ4n) is 1.68. The van der Waals surface area contributed by atoms with Crippen LogP contribution in [0.5, 0.6) is 0 Å². The van der Waals surface area contributed by atoms with Gasteiger partial charge < -0.3 is 10.4 Å². The number of benzene rings is 1. The fraction of sp³-hybridized carbons (Fsp3) is 0.0769. The first-order valence-electron chi connectivity index (χ1n) is 5.79. The molecule has 0 atom stereocenters. The quantitative estimate of drug-likeness (QED) is 0.644. The third kappa shape index (κ3) is 3.34. The first-order chi connectivity index (χ1) is 9.88. The largest absolute Gasteiger partial charge is 0.478 e. The number of pyridine rings is 1. The van der Waals surface area contributed by atoms with Crippen molar-refractivity contribution in [2.75, 3.05) is 5.32 Å². The van der Waals surface area contributed by atoms with Crippen molar-refractivity contribution in [3.05, 3.63) is 56.2 Å². The number of rotatable bonds is 4. The molecule has 1 aromatic carbocycles. The molecule has 0 amide bonds. The maximum atomic E-state index is 11.2. The number of nitrogens with one attached hydrogen (secondary N) is 1. The lowest BCUT2D eigenvalue weighted by Crippen LogP contribution is -2.06. The van der Waals surface area contributed by atoms with Crippen molar-refractivity contribution in [1.29, 1.82) is 0 Å². The molecule has 1 heterocycles. The Morgan fingerprint density at radius 3 is 2.76 bits per heavy atom. The Bertz CT molecular complexity index is 733. The molecule has 2 N–H and O–H groups in total. The Kier molecular flexibility index (Phi) is 4.18. The van der Waals surface area contributed by atoms with Crippen LogP contribution in [0.3, 0.4) is 0 Å². The molecule has 0 aliphatic rings. The van der Waals surface area contributed by atoms with E-state index in [1.807, 2.05) is 19.1 Å². The Labute approximate surface area is 127 Å². The van der Waals surface area contributed by atoms with Crippen molar-refractivity contribution in [3.8, 4) is 0 Å². The van der Waals surface area contributed by atoms with E-state index in [1.54, 1.807) is 6.07 Å². The third-order valence-corrected chi connectivity index (χ3v) is 3.38. The Morgan fingerprint density at radius 2 is 2.14 bits per heavy atom. The highest BCUT2D eigenvalue weighted by atomic mass is 79.9. The van der Waals surface area contributed by atoms with Crippen LogP contribution in [0.2, 0.25) is 0 Å². The van der Waals surface area contributed by atoms with Crippen LogP contribution in [0.4, 0.5) is 17.2 Å². The Balaban J connectivity index is 2.46. The fourth-order valence-corrected chi connectivity index (χ4v) is 2.02. The number of aromatic nitrogens is 1. The van der Waals surface area contributed by atoms with Crippen molar-refractivity contribution in [1.82, 2.24) is 4.98 Å². The molecule has 0 saturated carbocycles. The molecule has 21 heavy (non-hydrogen) atoms. The van der Waals surface area contributed by atoms with Gasteiger partial charge in [-0.25, -0.2) is 9.78 Å². The zero-order valence-electron chi connectivity index (χ0n) is 10.8. The molecule has 0 radical (unpaired) electrons. The smallest absolute Gasteiger partial charge is 0.339 e. The highest BCUT2D eigenvalue weighted by Gasteiger charge is 2.18. The predicted molar refractivity (Wildman–Crippen MR) is 80.0 cm³/mol. The Morgan fingerprint density at radius 1 is 1.43 bits per heavy atom. The van der Waals surface area contributed by atoms with E-state index in [0.717, 1.165) is 22.3 Å². The summed E-state index contributed by atoms with van der Waals surface area (Å²) in [6.07, 6.45) is 1.01. The van der Waals surface area contributed by atoms with E-state index in [1.165, 1.54) is 0 Å². The van der Waals surface area contributed by atoms with Crippen molar-refractivity contribution >= 4 is 39.1 Å². The second kappa shape index (κ2) is 5.88. The normalized spacial score (nSPS) is 10.2. The SMILES string of the molecule is Cc1ccc(Br)c(Nc2ncc([N+](=O)[O-])cc2C(=O)O)c1. The minimum Gasteiger partial charge on any atom is -0.478 e. The van der Waals surface area contributed by atoms with Gasteiger partial charge in [-0.05, 0) is 40.5 Å². The molecule has 0 aliphatic carbocycles. The summed E-state index contributed by atoms with van der Waals surface area (Å²) in [4.78, 5) is 25.1. The minimum atomic E-state index is -1.29. The highest BCUT2D eigenvalue weighted by molar-refractivity contribution is 9.10. The molecule has 0 saturated heterocycles. The summed E-state index contributed by atoms with van der Waals surface area (Å²) in [7, 11) is 0. The Hall–Kier alpha value is -2.48. The topological polar surface area (TPSA) is 105 Å². The van der Waals surface area contributed by atoms with Gasteiger partial charge in [0.05, 0.1) is 10.6 Å². The van der Waals surface area contributed by atoms with Gasteiger partial charge in [0, 0.05) is 10.5 Å². The molecular weight excluding hydrogens is 342 g/mol. The molecule has 0 spiro atoms. The van der Waals surface area contributed by atoms with Crippen LogP contribution < -0.4 is 5.32 Å². The van der Waals surface area contributed by atoms with Crippen LogP contribution in [0, 0.1) is 17.0 Å². The molecule has 0 unspecified atom stereocenters. The highest BCUT2D eigenvalue weighted by Crippen LogP contribution is 2.28. The molecule has 8 heteroatoms. The lowest BCUT2D eigenvalue weighted by atomic mass is 10.2. The summed E-state index contributed by atoms with van der Waals surface area (Å²) in [6.45, 7) is 1.89. The number of carboxylic acid groups (broad SMARTS) is 1. The van der Waals surface area contributed by atoms with E-state index in [4.69, 9.17) is 5.11 Å². The van der Waals surface area contributed by atoms with Gasteiger partial charge in [-0.3, -0.25) is 10.1 Å². The van der Waals surface area contributed by atoms with Gasteiger partial charge in [-0.1, -0.05) is 6.07 Å². The number of carbonyl (C=O) groups is 1. The van der Waals surface area contributed by atoms with Crippen LogP contribution >= 0.6 is 15.9 Å².